The Morgan fingerprint density at radius 2 is 2.40 bits per heavy atom. The first-order valence-corrected chi connectivity index (χ1v) is 5.12. The average Bonchev–Trinajstić information content (AvgIpc) is 2.64. The van der Waals surface area contributed by atoms with Crippen LogP contribution in [0.15, 0.2) is 40.6 Å². The fourth-order valence-electron chi connectivity index (χ4n) is 1.11. The number of hydrogen-bond acceptors (Lipinski definition) is 4. The molecule has 0 aliphatic carbocycles. The molecule has 0 aliphatic rings. The zero-order valence-corrected chi connectivity index (χ0v) is 8.90. The molecular weight excluding hydrogens is 208 g/mol. The van der Waals surface area contributed by atoms with Gasteiger partial charge in [-0.1, -0.05) is 11.8 Å². The van der Waals surface area contributed by atoms with Gasteiger partial charge < -0.3 is 0 Å². The van der Waals surface area contributed by atoms with Gasteiger partial charge in [-0.2, -0.15) is 10.4 Å². The first kappa shape index (κ1) is 9.74. The van der Waals surface area contributed by atoms with Crippen molar-refractivity contribution in [2.75, 3.05) is 0 Å². The largest absolute Gasteiger partial charge is 0.275 e. The SMILES string of the molecule is Cn1cc(Sc2cc(C#N)ccn2)cn1. The van der Waals surface area contributed by atoms with Crippen LogP contribution in [0.25, 0.3) is 0 Å². The van der Waals surface area contributed by atoms with E-state index in [-0.39, 0.29) is 0 Å². The minimum atomic E-state index is 0.622. The summed E-state index contributed by atoms with van der Waals surface area (Å²) >= 11 is 1.49. The molecule has 0 unspecified atom stereocenters. The van der Waals surface area contributed by atoms with Crippen molar-refractivity contribution in [1.82, 2.24) is 14.8 Å². The van der Waals surface area contributed by atoms with E-state index in [1.165, 1.54) is 11.8 Å². The predicted molar refractivity (Wildman–Crippen MR) is 56.3 cm³/mol. The van der Waals surface area contributed by atoms with Crippen molar-refractivity contribution in [3.63, 3.8) is 0 Å². The summed E-state index contributed by atoms with van der Waals surface area (Å²) in [5.74, 6) is 0. The third-order valence-electron chi connectivity index (χ3n) is 1.77. The van der Waals surface area contributed by atoms with Crippen molar-refractivity contribution in [2.45, 2.75) is 9.92 Å². The molecule has 2 aromatic rings. The van der Waals surface area contributed by atoms with Gasteiger partial charge in [0.1, 0.15) is 5.03 Å². The summed E-state index contributed by atoms with van der Waals surface area (Å²) in [5.41, 5.74) is 0.622. The Bertz CT molecular complexity index is 512. The Morgan fingerprint density at radius 1 is 1.53 bits per heavy atom. The van der Waals surface area contributed by atoms with Crippen molar-refractivity contribution in [1.29, 1.82) is 5.26 Å². The van der Waals surface area contributed by atoms with Gasteiger partial charge in [-0.3, -0.25) is 4.68 Å². The Labute approximate surface area is 91.6 Å². The second-order valence-corrected chi connectivity index (χ2v) is 4.04. The highest BCUT2D eigenvalue weighted by molar-refractivity contribution is 7.99. The quantitative estimate of drug-likeness (QED) is 0.768. The number of pyridine rings is 1. The van der Waals surface area contributed by atoms with Crippen molar-refractivity contribution in [3.05, 3.63) is 36.3 Å². The van der Waals surface area contributed by atoms with E-state index in [9.17, 15) is 0 Å². The van der Waals surface area contributed by atoms with Gasteiger partial charge in [-0.05, 0) is 12.1 Å². The Hall–Kier alpha value is -1.80. The lowest BCUT2D eigenvalue weighted by Crippen LogP contribution is -1.84. The number of hydrogen-bond donors (Lipinski definition) is 0. The number of aryl methyl sites for hydroxylation is 1. The van der Waals surface area contributed by atoms with E-state index < -0.39 is 0 Å². The summed E-state index contributed by atoms with van der Waals surface area (Å²) in [6.07, 6.45) is 5.31. The fourth-order valence-corrected chi connectivity index (χ4v) is 1.95. The zero-order chi connectivity index (χ0) is 10.7. The van der Waals surface area contributed by atoms with Crippen molar-refractivity contribution < 1.29 is 0 Å². The topological polar surface area (TPSA) is 54.5 Å². The smallest absolute Gasteiger partial charge is 0.102 e. The molecule has 0 aromatic carbocycles. The van der Waals surface area contributed by atoms with E-state index in [4.69, 9.17) is 5.26 Å². The second kappa shape index (κ2) is 4.15. The Balaban J connectivity index is 2.21. The van der Waals surface area contributed by atoms with Crippen LogP contribution >= 0.6 is 11.8 Å². The van der Waals surface area contributed by atoms with Crippen LogP contribution in [0.3, 0.4) is 0 Å². The highest BCUT2D eigenvalue weighted by Crippen LogP contribution is 2.25. The van der Waals surface area contributed by atoms with Crippen molar-refractivity contribution >= 4 is 11.8 Å². The minimum Gasteiger partial charge on any atom is -0.275 e. The summed E-state index contributed by atoms with van der Waals surface area (Å²) in [5, 5.41) is 13.6. The molecule has 15 heavy (non-hydrogen) atoms. The molecule has 0 radical (unpaired) electrons. The standard InChI is InChI=1S/C10H8N4S/c1-14-7-9(6-13-14)15-10-4-8(5-11)2-3-12-10/h2-4,6-7H,1H3. The summed E-state index contributed by atoms with van der Waals surface area (Å²) in [4.78, 5) is 5.18. The van der Waals surface area contributed by atoms with E-state index in [1.54, 1.807) is 29.2 Å². The molecule has 0 amide bonds. The molecule has 0 bridgehead atoms. The van der Waals surface area contributed by atoms with Gasteiger partial charge in [-0.25, -0.2) is 4.98 Å². The van der Waals surface area contributed by atoms with Gasteiger partial charge >= 0.3 is 0 Å². The minimum absolute atomic E-state index is 0.622. The molecule has 0 saturated heterocycles. The van der Waals surface area contributed by atoms with Crippen LogP contribution in [0, 0.1) is 11.3 Å². The monoisotopic (exact) mass is 216 g/mol. The molecule has 74 valence electrons. The second-order valence-electron chi connectivity index (χ2n) is 2.95. The lowest BCUT2D eigenvalue weighted by molar-refractivity contribution is 0.766. The first-order valence-electron chi connectivity index (χ1n) is 4.30. The van der Waals surface area contributed by atoms with Crippen LogP contribution in [0.4, 0.5) is 0 Å². The lowest BCUT2D eigenvalue weighted by atomic mass is 10.3. The predicted octanol–water partition coefficient (Wildman–Crippen LogP) is 1.84. The molecule has 5 heteroatoms. The van der Waals surface area contributed by atoms with Crippen LogP contribution in [-0.2, 0) is 7.05 Å². The molecular formula is C10H8N4S. The third kappa shape index (κ3) is 2.36. The zero-order valence-electron chi connectivity index (χ0n) is 8.08. The van der Waals surface area contributed by atoms with E-state index >= 15 is 0 Å². The molecule has 0 fully saturated rings. The third-order valence-corrected chi connectivity index (χ3v) is 2.65. The number of aromatic nitrogens is 3. The van der Waals surface area contributed by atoms with E-state index in [0.29, 0.717) is 5.56 Å². The van der Waals surface area contributed by atoms with Crippen LogP contribution in [0.1, 0.15) is 5.56 Å². The van der Waals surface area contributed by atoms with E-state index in [0.717, 1.165) is 9.92 Å². The maximum Gasteiger partial charge on any atom is 0.102 e. The molecule has 2 aromatic heterocycles. The van der Waals surface area contributed by atoms with Gasteiger partial charge in [0.05, 0.1) is 22.7 Å². The van der Waals surface area contributed by atoms with Gasteiger partial charge in [0, 0.05) is 19.4 Å². The van der Waals surface area contributed by atoms with Gasteiger partial charge in [0.25, 0.3) is 0 Å². The molecule has 0 saturated carbocycles. The molecule has 0 spiro atoms. The van der Waals surface area contributed by atoms with Gasteiger partial charge in [0.2, 0.25) is 0 Å². The van der Waals surface area contributed by atoms with Gasteiger partial charge in [0.15, 0.2) is 0 Å². The summed E-state index contributed by atoms with van der Waals surface area (Å²) < 4.78 is 1.73. The Morgan fingerprint density at radius 3 is 3.07 bits per heavy atom. The van der Waals surface area contributed by atoms with Crippen LogP contribution < -0.4 is 0 Å². The molecule has 2 heterocycles. The average molecular weight is 216 g/mol. The van der Waals surface area contributed by atoms with Crippen LogP contribution in [0.2, 0.25) is 0 Å². The summed E-state index contributed by atoms with van der Waals surface area (Å²) in [7, 11) is 1.86. The number of rotatable bonds is 2. The Kier molecular flexibility index (Phi) is 2.70. The van der Waals surface area contributed by atoms with E-state index in [1.807, 2.05) is 13.2 Å². The molecule has 4 nitrogen and oxygen atoms in total. The molecule has 0 aliphatic heterocycles. The fraction of sp³-hybridized carbons (Fsp3) is 0.100. The number of nitrogens with zero attached hydrogens (tertiary/aromatic N) is 4. The van der Waals surface area contributed by atoms with Gasteiger partial charge in [-0.15, -0.1) is 0 Å². The highest BCUT2D eigenvalue weighted by atomic mass is 32.2. The van der Waals surface area contributed by atoms with Crippen LogP contribution in [0.5, 0.6) is 0 Å². The summed E-state index contributed by atoms with van der Waals surface area (Å²) in [6, 6.07) is 5.53. The van der Waals surface area contributed by atoms with Crippen molar-refractivity contribution in [2.24, 2.45) is 7.05 Å². The molecule has 0 atom stereocenters. The lowest BCUT2D eigenvalue weighted by Gasteiger charge is -1.96. The normalized spacial score (nSPS) is 9.87. The molecule has 2 rings (SSSR count). The highest BCUT2D eigenvalue weighted by Gasteiger charge is 2.01. The number of nitriles is 1. The van der Waals surface area contributed by atoms with E-state index in [2.05, 4.69) is 16.2 Å². The van der Waals surface area contributed by atoms with Crippen molar-refractivity contribution in [3.8, 4) is 6.07 Å². The maximum atomic E-state index is 8.73. The summed E-state index contributed by atoms with van der Waals surface area (Å²) in [6.45, 7) is 0. The molecule has 0 N–H and O–H groups in total. The maximum absolute atomic E-state index is 8.73. The first-order chi connectivity index (χ1) is 7.28. The van der Waals surface area contributed by atoms with Crippen LogP contribution in [-0.4, -0.2) is 14.8 Å².